The molecule has 0 radical (unpaired) electrons. The molecule has 2 atom stereocenters. The molecule has 0 spiro atoms. The third-order valence-corrected chi connectivity index (χ3v) is 3.54. The van der Waals surface area contributed by atoms with Crippen LogP contribution in [0.2, 0.25) is 0 Å². The molecule has 0 aliphatic heterocycles. The largest absolute Gasteiger partial charge is 0.394 e. The summed E-state index contributed by atoms with van der Waals surface area (Å²) in [5, 5.41) is 7.85. The van der Waals surface area contributed by atoms with Crippen LogP contribution in [0.4, 0.5) is 11.5 Å². The van der Waals surface area contributed by atoms with Crippen molar-refractivity contribution in [1.82, 2.24) is 9.78 Å². The van der Waals surface area contributed by atoms with E-state index in [1.165, 1.54) is 32.1 Å². The fourth-order valence-electron chi connectivity index (χ4n) is 2.50. The maximum absolute atomic E-state index is 5.90. The van der Waals surface area contributed by atoms with Gasteiger partial charge in [0.25, 0.3) is 0 Å². The molecular weight excluding hydrogens is 200 g/mol. The lowest BCUT2D eigenvalue weighted by Crippen LogP contribution is -2.26. The summed E-state index contributed by atoms with van der Waals surface area (Å²) < 4.78 is 1.76. The Kier molecular flexibility index (Phi) is 3.36. The molecule has 1 aromatic heterocycles. The van der Waals surface area contributed by atoms with Crippen LogP contribution < -0.4 is 11.1 Å². The third-order valence-electron chi connectivity index (χ3n) is 3.54. The van der Waals surface area contributed by atoms with Crippen LogP contribution in [-0.4, -0.2) is 15.8 Å². The molecule has 1 aliphatic carbocycles. The van der Waals surface area contributed by atoms with Crippen LogP contribution >= 0.6 is 0 Å². The second kappa shape index (κ2) is 4.76. The van der Waals surface area contributed by atoms with E-state index in [-0.39, 0.29) is 0 Å². The summed E-state index contributed by atoms with van der Waals surface area (Å²) in [5.41, 5.74) is 6.65. The van der Waals surface area contributed by atoms with Gasteiger partial charge in [-0.25, -0.2) is 0 Å². The fraction of sp³-hybridized carbons (Fsp3) is 0.750. The van der Waals surface area contributed by atoms with E-state index in [2.05, 4.69) is 17.3 Å². The van der Waals surface area contributed by atoms with Gasteiger partial charge >= 0.3 is 0 Å². The lowest BCUT2D eigenvalue weighted by Gasteiger charge is -2.22. The molecule has 0 bridgehead atoms. The van der Waals surface area contributed by atoms with Crippen molar-refractivity contribution in [2.75, 3.05) is 11.1 Å². The molecule has 2 rings (SSSR count). The van der Waals surface area contributed by atoms with E-state index in [1.807, 2.05) is 13.2 Å². The molecule has 0 saturated heterocycles. The average molecular weight is 222 g/mol. The Hall–Kier alpha value is -1.19. The van der Waals surface area contributed by atoms with Crippen molar-refractivity contribution in [1.29, 1.82) is 0 Å². The van der Waals surface area contributed by atoms with Crippen molar-refractivity contribution in [3.63, 3.8) is 0 Å². The normalized spacial score (nSPS) is 26.4. The summed E-state index contributed by atoms with van der Waals surface area (Å²) in [4.78, 5) is 0. The SMILES string of the molecule is CC1CCCCCC1Nc1nn(C)cc1N. The van der Waals surface area contributed by atoms with Crippen molar-refractivity contribution in [3.05, 3.63) is 6.20 Å². The molecule has 0 amide bonds. The van der Waals surface area contributed by atoms with Gasteiger partial charge in [-0.15, -0.1) is 0 Å². The van der Waals surface area contributed by atoms with Crippen LogP contribution in [0.25, 0.3) is 0 Å². The Balaban J connectivity index is 2.04. The van der Waals surface area contributed by atoms with Crippen LogP contribution in [0.15, 0.2) is 6.20 Å². The monoisotopic (exact) mass is 222 g/mol. The summed E-state index contributed by atoms with van der Waals surface area (Å²) >= 11 is 0. The number of hydrogen-bond acceptors (Lipinski definition) is 3. The first-order valence-corrected chi connectivity index (χ1v) is 6.22. The zero-order valence-corrected chi connectivity index (χ0v) is 10.2. The molecule has 1 aliphatic rings. The highest BCUT2D eigenvalue weighted by molar-refractivity contribution is 5.60. The van der Waals surface area contributed by atoms with Gasteiger partial charge in [-0.1, -0.05) is 26.2 Å². The molecule has 90 valence electrons. The third kappa shape index (κ3) is 2.49. The smallest absolute Gasteiger partial charge is 0.171 e. The van der Waals surface area contributed by atoms with Crippen LogP contribution in [0.5, 0.6) is 0 Å². The van der Waals surface area contributed by atoms with E-state index < -0.39 is 0 Å². The molecule has 4 heteroatoms. The zero-order chi connectivity index (χ0) is 11.5. The van der Waals surface area contributed by atoms with E-state index in [9.17, 15) is 0 Å². The number of aromatic nitrogens is 2. The molecule has 2 unspecified atom stereocenters. The predicted molar refractivity (Wildman–Crippen MR) is 67.3 cm³/mol. The van der Waals surface area contributed by atoms with Gasteiger partial charge in [-0.05, 0) is 18.8 Å². The number of nitrogens with two attached hydrogens (primary N) is 1. The molecule has 3 N–H and O–H groups in total. The fourth-order valence-corrected chi connectivity index (χ4v) is 2.50. The maximum atomic E-state index is 5.90. The number of anilines is 2. The minimum absolute atomic E-state index is 0.528. The highest BCUT2D eigenvalue weighted by Gasteiger charge is 2.21. The topological polar surface area (TPSA) is 55.9 Å². The predicted octanol–water partition coefficient (Wildman–Crippen LogP) is 2.38. The Bertz CT molecular complexity index is 345. The molecular formula is C12H22N4. The Morgan fingerprint density at radius 3 is 2.81 bits per heavy atom. The van der Waals surface area contributed by atoms with E-state index in [4.69, 9.17) is 5.73 Å². The minimum Gasteiger partial charge on any atom is -0.394 e. The standard InChI is InChI=1S/C12H22N4/c1-9-6-4-3-5-7-11(9)14-12-10(13)8-16(2)15-12/h8-9,11H,3-7,13H2,1-2H3,(H,14,15). The summed E-state index contributed by atoms with van der Waals surface area (Å²) in [5.74, 6) is 1.56. The van der Waals surface area contributed by atoms with Crippen LogP contribution in [0, 0.1) is 5.92 Å². The van der Waals surface area contributed by atoms with Gasteiger partial charge in [0.05, 0.1) is 5.69 Å². The first-order chi connectivity index (χ1) is 7.66. The quantitative estimate of drug-likeness (QED) is 0.755. The number of aryl methyl sites for hydroxylation is 1. The highest BCUT2D eigenvalue weighted by Crippen LogP contribution is 2.27. The minimum atomic E-state index is 0.528. The van der Waals surface area contributed by atoms with Crippen molar-refractivity contribution >= 4 is 11.5 Å². The Morgan fingerprint density at radius 1 is 1.38 bits per heavy atom. The second-order valence-corrected chi connectivity index (χ2v) is 4.97. The van der Waals surface area contributed by atoms with E-state index in [0.29, 0.717) is 12.0 Å². The average Bonchev–Trinajstić information content (AvgIpc) is 2.43. The lowest BCUT2D eigenvalue weighted by molar-refractivity contribution is 0.455. The number of hydrogen-bond donors (Lipinski definition) is 2. The summed E-state index contributed by atoms with van der Waals surface area (Å²) in [7, 11) is 1.90. The van der Waals surface area contributed by atoms with Crippen LogP contribution in [0.3, 0.4) is 0 Å². The van der Waals surface area contributed by atoms with Crippen LogP contribution in [0.1, 0.15) is 39.0 Å². The maximum Gasteiger partial charge on any atom is 0.171 e. The molecule has 1 fully saturated rings. The molecule has 1 heterocycles. The van der Waals surface area contributed by atoms with Crippen LogP contribution in [-0.2, 0) is 7.05 Å². The van der Waals surface area contributed by atoms with E-state index in [1.54, 1.807) is 4.68 Å². The molecule has 0 aromatic carbocycles. The molecule has 4 nitrogen and oxygen atoms in total. The lowest BCUT2D eigenvalue weighted by atomic mass is 9.97. The highest BCUT2D eigenvalue weighted by atomic mass is 15.3. The number of nitrogen functional groups attached to an aromatic ring is 1. The van der Waals surface area contributed by atoms with Gasteiger partial charge in [0, 0.05) is 19.3 Å². The number of nitrogens with zero attached hydrogens (tertiary/aromatic N) is 2. The first kappa shape index (κ1) is 11.3. The Labute approximate surface area is 97.2 Å². The Morgan fingerprint density at radius 2 is 2.12 bits per heavy atom. The van der Waals surface area contributed by atoms with Gasteiger partial charge in [-0.2, -0.15) is 5.10 Å². The molecule has 16 heavy (non-hydrogen) atoms. The van der Waals surface area contributed by atoms with Crippen molar-refractivity contribution in [2.45, 2.75) is 45.1 Å². The van der Waals surface area contributed by atoms with Crippen molar-refractivity contribution in [2.24, 2.45) is 13.0 Å². The number of nitrogens with one attached hydrogen (secondary N) is 1. The van der Waals surface area contributed by atoms with Gasteiger partial charge in [0.15, 0.2) is 5.82 Å². The van der Waals surface area contributed by atoms with Gasteiger partial charge in [0.2, 0.25) is 0 Å². The van der Waals surface area contributed by atoms with Gasteiger partial charge < -0.3 is 11.1 Å². The van der Waals surface area contributed by atoms with E-state index >= 15 is 0 Å². The summed E-state index contributed by atoms with van der Waals surface area (Å²) in [6.07, 6.45) is 8.43. The number of rotatable bonds is 2. The summed E-state index contributed by atoms with van der Waals surface area (Å²) in [6, 6.07) is 0.528. The zero-order valence-electron chi connectivity index (χ0n) is 10.2. The first-order valence-electron chi connectivity index (χ1n) is 6.22. The molecule has 1 aromatic rings. The molecule has 1 saturated carbocycles. The van der Waals surface area contributed by atoms with E-state index in [0.717, 1.165) is 11.5 Å². The van der Waals surface area contributed by atoms with Crippen molar-refractivity contribution in [3.8, 4) is 0 Å². The van der Waals surface area contributed by atoms with Gasteiger partial charge in [0.1, 0.15) is 0 Å². The second-order valence-electron chi connectivity index (χ2n) is 4.97. The summed E-state index contributed by atoms with van der Waals surface area (Å²) in [6.45, 7) is 2.32. The van der Waals surface area contributed by atoms with Gasteiger partial charge in [-0.3, -0.25) is 4.68 Å². The van der Waals surface area contributed by atoms with Crippen molar-refractivity contribution < 1.29 is 0 Å².